The van der Waals surface area contributed by atoms with Gasteiger partial charge in [-0.05, 0) is 78.1 Å². The summed E-state index contributed by atoms with van der Waals surface area (Å²) in [5, 5.41) is 0. The number of benzene rings is 3. The number of alkyl halides is 3. The predicted molar refractivity (Wildman–Crippen MR) is 168 cm³/mol. The van der Waals surface area contributed by atoms with Gasteiger partial charge in [0.15, 0.2) is 6.10 Å². The van der Waals surface area contributed by atoms with E-state index in [1.54, 1.807) is 36.4 Å². The van der Waals surface area contributed by atoms with Gasteiger partial charge in [0, 0.05) is 0 Å². The molecule has 0 aliphatic heterocycles. The van der Waals surface area contributed by atoms with Crippen molar-refractivity contribution < 1.29 is 37.0 Å². The number of hydrogen-bond donors (Lipinski definition) is 0. The molecule has 1 aliphatic rings. The van der Waals surface area contributed by atoms with Crippen molar-refractivity contribution in [3.05, 3.63) is 89.5 Å². The van der Waals surface area contributed by atoms with Crippen molar-refractivity contribution >= 4 is 11.9 Å². The molecule has 3 aromatic carbocycles. The van der Waals surface area contributed by atoms with Gasteiger partial charge in [-0.3, -0.25) is 4.79 Å². The Labute approximate surface area is 264 Å². The van der Waals surface area contributed by atoms with Crippen molar-refractivity contribution in [2.45, 2.75) is 90.5 Å². The van der Waals surface area contributed by atoms with Crippen LogP contribution in [0.1, 0.15) is 93.3 Å². The van der Waals surface area contributed by atoms with E-state index in [1.165, 1.54) is 0 Å². The molecule has 3 aromatic rings. The van der Waals surface area contributed by atoms with Gasteiger partial charge in [0.05, 0.1) is 18.1 Å². The van der Waals surface area contributed by atoms with Crippen LogP contribution in [0.2, 0.25) is 0 Å². The normalized spacial score (nSPS) is 17.6. The third-order valence-corrected chi connectivity index (χ3v) is 8.47. The van der Waals surface area contributed by atoms with Crippen molar-refractivity contribution in [1.29, 1.82) is 0 Å². The molecule has 5 nitrogen and oxygen atoms in total. The summed E-state index contributed by atoms with van der Waals surface area (Å²) in [5.74, 6) is -1.45. The molecule has 45 heavy (non-hydrogen) atoms. The zero-order valence-corrected chi connectivity index (χ0v) is 26.3. The van der Waals surface area contributed by atoms with Gasteiger partial charge < -0.3 is 14.2 Å². The molecule has 242 valence electrons. The summed E-state index contributed by atoms with van der Waals surface area (Å²) < 4.78 is 58.3. The second-order valence-electron chi connectivity index (χ2n) is 11.9. The van der Waals surface area contributed by atoms with E-state index in [0.717, 1.165) is 41.7 Å². The van der Waals surface area contributed by atoms with Gasteiger partial charge in [-0.25, -0.2) is 4.79 Å². The Hall–Kier alpha value is -3.81. The highest BCUT2D eigenvalue weighted by atomic mass is 19.4. The molecule has 0 radical (unpaired) electrons. The highest BCUT2D eigenvalue weighted by Crippen LogP contribution is 2.40. The average Bonchev–Trinajstić information content (AvgIpc) is 3.04. The number of carbonyl (C=O) groups is 2. The Balaban J connectivity index is 1.47. The summed E-state index contributed by atoms with van der Waals surface area (Å²) in [6.45, 7) is 6.89. The standard InChI is InChI=1S/C37H43F3O5/c1-4-6-7-8-13-33(37(38,39)40)44-36(42)32-23-20-28-11-9-10-12-31(28)34(32)45-35(41)29-16-14-26(15-17-29)27-18-21-30(22-19-27)43-24-25(3)5-2/h9-12,14-19,21-22,25,32-34H,4-8,13,20,23-24H2,1-3H3/t25-,32?,33?,34-/m0/s1. The quantitative estimate of drug-likeness (QED) is 0.132. The molecule has 0 fully saturated rings. The first-order valence-electron chi connectivity index (χ1n) is 16.0. The third-order valence-electron chi connectivity index (χ3n) is 8.47. The highest BCUT2D eigenvalue weighted by molar-refractivity contribution is 5.90. The fraction of sp³-hybridized carbons (Fsp3) is 0.459. The third kappa shape index (κ3) is 9.35. The van der Waals surface area contributed by atoms with E-state index in [4.69, 9.17) is 14.2 Å². The van der Waals surface area contributed by atoms with E-state index < -0.39 is 36.2 Å². The Morgan fingerprint density at radius 3 is 2.20 bits per heavy atom. The second kappa shape index (κ2) is 16.0. The SMILES string of the molecule is CCCCCCC(OC(=O)C1CCc2ccccc2[C@@H]1OC(=O)c1ccc(-c2ccc(OC[C@@H](C)CC)cc2)cc1)C(F)(F)F. The van der Waals surface area contributed by atoms with E-state index in [0.29, 0.717) is 37.4 Å². The lowest BCUT2D eigenvalue weighted by Gasteiger charge is -2.33. The molecular formula is C37H43F3O5. The first kappa shape index (κ1) is 34.1. The van der Waals surface area contributed by atoms with Crippen LogP contribution in [0.3, 0.4) is 0 Å². The number of halogens is 3. The van der Waals surface area contributed by atoms with Gasteiger partial charge >= 0.3 is 18.1 Å². The van der Waals surface area contributed by atoms with Crippen molar-refractivity contribution in [1.82, 2.24) is 0 Å². The topological polar surface area (TPSA) is 61.8 Å². The van der Waals surface area contributed by atoms with Crippen LogP contribution >= 0.6 is 0 Å². The van der Waals surface area contributed by atoms with Crippen molar-refractivity contribution in [2.75, 3.05) is 6.61 Å². The Morgan fingerprint density at radius 2 is 1.56 bits per heavy atom. The maximum Gasteiger partial charge on any atom is 0.425 e. The molecule has 4 atom stereocenters. The molecule has 0 bridgehead atoms. The molecule has 0 saturated heterocycles. The van der Waals surface area contributed by atoms with Crippen molar-refractivity contribution in [3.63, 3.8) is 0 Å². The molecule has 0 aromatic heterocycles. The number of unbranched alkanes of at least 4 members (excludes halogenated alkanes) is 3. The van der Waals surface area contributed by atoms with Crippen LogP contribution in [0.5, 0.6) is 5.75 Å². The van der Waals surface area contributed by atoms with Crippen molar-refractivity contribution in [2.24, 2.45) is 11.8 Å². The molecule has 0 saturated carbocycles. The van der Waals surface area contributed by atoms with Crippen LogP contribution < -0.4 is 4.74 Å². The molecule has 0 N–H and O–H groups in total. The smallest absolute Gasteiger partial charge is 0.425 e. The Morgan fingerprint density at radius 1 is 0.889 bits per heavy atom. The Kier molecular flexibility index (Phi) is 12.1. The van der Waals surface area contributed by atoms with Crippen LogP contribution in [0.25, 0.3) is 11.1 Å². The number of fused-ring (bicyclic) bond motifs is 1. The van der Waals surface area contributed by atoms with E-state index in [-0.39, 0.29) is 18.4 Å². The van der Waals surface area contributed by atoms with Gasteiger partial charge in [0.1, 0.15) is 11.9 Å². The number of hydrogen-bond acceptors (Lipinski definition) is 5. The van der Waals surface area contributed by atoms with Crippen LogP contribution in [0.15, 0.2) is 72.8 Å². The van der Waals surface area contributed by atoms with E-state index >= 15 is 0 Å². The molecule has 0 spiro atoms. The fourth-order valence-corrected chi connectivity index (χ4v) is 5.46. The highest BCUT2D eigenvalue weighted by Gasteiger charge is 2.45. The molecule has 8 heteroatoms. The van der Waals surface area contributed by atoms with Crippen LogP contribution in [-0.4, -0.2) is 30.8 Å². The zero-order valence-electron chi connectivity index (χ0n) is 26.3. The molecule has 0 heterocycles. The minimum Gasteiger partial charge on any atom is -0.493 e. The monoisotopic (exact) mass is 624 g/mol. The van der Waals surface area contributed by atoms with Crippen LogP contribution in [0.4, 0.5) is 13.2 Å². The largest absolute Gasteiger partial charge is 0.493 e. The minimum atomic E-state index is -4.68. The lowest BCUT2D eigenvalue weighted by molar-refractivity contribution is -0.227. The maximum absolute atomic E-state index is 13.8. The van der Waals surface area contributed by atoms with Crippen LogP contribution in [-0.2, 0) is 20.7 Å². The van der Waals surface area contributed by atoms with Gasteiger partial charge in [0.25, 0.3) is 0 Å². The molecule has 0 amide bonds. The van der Waals surface area contributed by atoms with E-state index in [1.807, 2.05) is 43.3 Å². The molecule has 1 aliphatic carbocycles. The van der Waals surface area contributed by atoms with Gasteiger partial charge in [0.2, 0.25) is 0 Å². The summed E-state index contributed by atoms with van der Waals surface area (Å²) in [4.78, 5) is 26.6. The molecule has 4 rings (SSSR count). The fourth-order valence-electron chi connectivity index (χ4n) is 5.46. The second-order valence-corrected chi connectivity index (χ2v) is 11.9. The number of carbonyl (C=O) groups excluding carboxylic acids is 2. The van der Waals surface area contributed by atoms with E-state index in [2.05, 4.69) is 13.8 Å². The van der Waals surface area contributed by atoms with Crippen molar-refractivity contribution in [3.8, 4) is 16.9 Å². The number of aryl methyl sites for hydroxylation is 1. The van der Waals surface area contributed by atoms with Gasteiger partial charge in [-0.15, -0.1) is 0 Å². The molecule has 2 unspecified atom stereocenters. The lowest BCUT2D eigenvalue weighted by atomic mass is 9.81. The summed E-state index contributed by atoms with van der Waals surface area (Å²) in [5.41, 5.74) is 3.60. The Bertz CT molecular complexity index is 1380. The first-order valence-corrected chi connectivity index (χ1v) is 16.0. The van der Waals surface area contributed by atoms with Gasteiger partial charge in [-0.1, -0.05) is 95.0 Å². The van der Waals surface area contributed by atoms with Crippen LogP contribution in [0, 0.1) is 11.8 Å². The lowest BCUT2D eigenvalue weighted by Crippen LogP contribution is -2.39. The molecular weight excluding hydrogens is 581 g/mol. The number of esters is 2. The number of rotatable bonds is 14. The summed E-state index contributed by atoms with van der Waals surface area (Å²) in [6.07, 6.45) is -3.86. The first-order chi connectivity index (χ1) is 21.6. The van der Waals surface area contributed by atoms with E-state index in [9.17, 15) is 22.8 Å². The predicted octanol–water partition coefficient (Wildman–Crippen LogP) is 9.68. The maximum atomic E-state index is 13.8. The van der Waals surface area contributed by atoms with Gasteiger partial charge in [-0.2, -0.15) is 13.2 Å². The number of ether oxygens (including phenoxy) is 3. The average molecular weight is 625 g/mol. The summed E-state index contributed by atoms with van der Waals surface area (Å²) >= 11 is 0. The minimum absolute atomic E-state index is 0.213. The summed E-state index contributed by atoms with van der Waals surface area (Å²) in [7, 11) is 0. The summed E-state index contributed by atoms with van der Waals surface area (Å²) in [6, 6.07) is 21.8. The zero-order chi connectivity index (χ0) is 32.4.